The van der Waals surface area contributed by atoms with Crippen LogP contribution in [0.25, 0.3) is 0 Å². The molecule has 0 radical (unpaired) electrons. The average Bonchev–Trinajstić information content (AvgIpc) is 1.99. The molecule has 3 heteroatoms. The number of nitrogens with two attached hydrogens (primary N) is 1. The number of hydrazone groups is 1. The largest absolute Gasteiger partial charge is 0.477 e. The molecule has 0 bridgehead atoms. The lowest BCUT2D eigenvalue weighted by Crippen LogP contribution is -2.20. The highest BCUT2D eigenvalue weighted by atomic mass is 16.5. The Morgan fingerprint density at radius 2 is 2.00 bits per heavy atom. The third kappa shape index (κ3) is 3.86. The van der Waals surface area contributed by atoms with Crippen molar-refractivity contribution in [1.82, 2.24) is 0 Å². The maximum absolute atomic E-state index is 5.44. The van der Waals surface area contributed by atoms with Crippen LogP contribution >= 0.6 is 0 Å². The Labute approximate surface area is 68.6 Å². The molecule has 0 amide bonds. The van der Waals surface area contributed by atoms with Crippen LogP contribution in [-0.2, 0) is 4.74 Å². The molecule has 2 N–H and O–H groups in total. The minimum atomic E-state index is 0.208. The van der Waals surface area contributed by atoms with Gasteiger partial charge in [-0.2, -0.15) is 0 Å². The molecule has 0 saturated carbocycles. The Morgan fingerprint density at radius 1 is 1.45 bits per heavy atom. The number of hydrogen-bond acceptors (Lipinski definition) is 3. The van der Waals surface area contributed by atoms with Crippen molar-refractivity contribution in [3.63, 3.8) is 0 Å². The smallest absolute Gasteiger partial charge is 0.208 e. The second-order valence-electron chi connectivity index (χ2n) is 2.96. The lowest BCUT2D eigenvalue weighted by atomic mass is 10.2. The first-order valence-corrected chi connectivity index (χ1v) is 4.06. The molecule has 0 aliphatic rings. The van der Waals surface area contributed by atoms with Gasteiger partial charge >= 0.3 is 0 Å². The normalized spacial score (nSPS) is 15.2. The van der Waals surface area contributed by atoms with Gasteiger partial charge in [-0.25, -0.2) is 0 Å². The molecule has 0 aliphatic heterocycles. The monoisotopic (exact) mass is 158 g/mol. The second kappa shape index (κ2) is 4.99. The van der Waals surface area contributed by atoms with E-state index in [0.29, 0.717) is 5.90 Å². The van der Waals surface area contributed by atoms with Crippen molar-refractivity contribution in [3.05, 3.63) is 0 Å². The molecule has 0 aromatic carbocycles. The summed E-state index contributed by atoms with van der Waals surface area (Å²) in [6.07, 6.45) is 1.19. The van der Waals surface area contributed by atoms with Gasteiger partial charge in [0.15, 0.2) is 0 Å². The van der Waals surface area contributed by atoms with Crippen molar-refractivity contribution in [2.75, 3.05) is 0 Å². The fourth-order valence-corrected chi connectivity index (χ4v) is 0.605. The van der Waals surface area contributed by atoms with Crippen molar-refractivity contribution in [2.24, 2.45) is 16.9 Å². The van der Waals surface area contributed by atoms with Crippen molar-refractivity contribution in [1.29, 1.82) is 0 Å². The van der Waals surface area contributed by atoms with Crippen molar-refractivity contribution in [3.8, 4) is 0 Å². The summed E-state index contributed by atoms with van der Waals surface area (Å²) in [7, 11) is 0. The van der Waals surface area contributed by atoms with E-state index in [-0.39, 0.29) is 12.0 Å². The van der Waals surface area contributed by atoms with Crippen molar-refractivity contribution in [2.45, 2.75) is 40.2 Å². The van der Waals surface area contributed by atoms with E-state index < -0.39 is 0 Å². The van der Waals surface area contributed by atoms with Crippen LogP contribution in [0.4, 0.5) is 0 Å². The molecule has 0 spiro atoms. The molecule has 0 rings (SSSR count). The number of nitrogens with zero attached hydrogens (tertiary/aromatic N) is 1. The van der Waals surface area contributed by atoms with Crippen LogP contribution in [0, 0.1) is 5.92 Å². The molecule has 0 heterocycles. The summed E-state index contributed by atoms with van der Waals surface area (Å²) < 4.78 is 5.44. The summed E-state index contributed by atoms with van der Waals surface area (Å²) in [6.45, 7) is 8.09. The summed E-state index contributed by atoms with van der Waals surface area (Å²) in [5, 5.41) is 3.57. The summed E-state index contributed by atoms with van der Waals surface area (Å²) >= 11 is 0. The van der Waals surface area contributed by atoms with Gasteiger partial charge in [-0.1, -0.05) is 20.8 Å². The van der Waals surface area contributed by atoms with Crippen LogP contribution in [-0.4, -0.2) is 12.0 Å². The number of rotatable bonds is 3. The van der Waals surface area contributed by atoms with Crippen LogP contribution in [0.15, 0.2) is 5.10 Å². The van der Waals surface area contributed by atoms with Gasteiger partial charge in [0, 0.05) is 5.92 Å². The van der Waals surface area contributed by atoms with E-state index >= 15 is 0 Å². The van der Waals surface area contributed by atoms with Gasteiger partial charge < -0.3 is 10.6 Å². The maximum Gasteiger partial charge on any atom is 0.208 e. The molecule has 0 aromatic rings. The lowest BCUT2D eigenvalue weighted by molar-refractivity contribution is 0.190. The first-order chi connectivity index (χ1) is 5.11. The SMILES string of the molecule is CCC(C)O/C(=N\N)C(C)C. The molecule has 0 aliphatic carbocycles. The minimum Gasteiger partial charge on any atom is -0.477 e. The number of ether oxygens (including phenoxy) is 1. The highest BCUT2D eigenvalue weighted by Crippen LogP contribution is 2.03. The van der Waals surface area contributed by atoms with Gasteiger partial charge in [-0.15, -0.1) is 5.10 Å². The molecule has 0 aromatic heterocycles. The standard InChI is InChI=1S/C8H18N2O/c1-5-7(4)11-8(10-9)6(2)3/h6-7H,5,9H2,1-4H3/b10-8-. The van der Waals surface area contributed by atoms with Crippen molar-refractivity contribution >= 4 is 5.90 Å². The van der Waals surface area contributed by atoms with E-state index in [1.165, 1.54) is 0 Å². The van der Waals surface area contributed by atoms with E-state index in [2.05, 4.69) is 12.0 Å². The summed E-state index contributed by atoms with van der Waals surface area (Å²) in [5.74, 6) is 6.05. The zero-order chi connectivity index (χ0) is 8.85. The molecule has 0 saturated heterocycles. The Kier molecular flexibility index (Phi) is 4.66. The quantitative estimate of drug-likeness (QED) is 0.294. The lowest BCUT2D eigenvalue weighted by Gasteiger charge is -2.15. The van der Waals surface area contributed by atoms with Gasteiger partial charge in [-0.05, 0) is 13.3 Å². The molecule has 1 atom stereocenters. The highest BCUT2D eigenvalue weighted by molar-refractivity contribution is 5.77. The molecule has 66 valence electrons. The molecule has 3 nitrogen and oxygen atoms in total. The van der Waals surface area contributed by atoms with Crippen LogP contribution in [0.2, 0.25) is 0 Å². The topological polar surface area (TPSA) is 47.6 Å². The van der Waals surface area contributed by atoms with E-state index in [0.717, 1.165) is 6.42 Å². The number of hydrogen-bond donors (Lipinski definition) is 1. The minimum absolute atomic E-state index is 0.208. The Hall–Kier alpha value is -0.730. The predicted molar refractivity (Wildman–Crippen MR) is 47.3 cm³/mol. The Balaban J connectivity index is 3.90. The zero-order valence-corrected chi connectivity index (χ0v) is 7.79. The van der Waals surface area contributed by atoms with Crippen molar-refractivity contribution < 1.29 is 4.74 Å². The second-order valence-corrected chi connectivity index (χ2v) is 2.96. The molecule has 0 fully saturated rings. The van der Waals surface area contributed by atoms with Crippen LogP contribution in [0.1, 0.15) is 34.1 Å². The Morgan fingerprint density at radius 3 is 2.27 bits per heavy atom. The molecular formula is C8H18N2O. The first-order valence-electron chi connectivity index (χ1n) is 4.06. The fourth-order valence-electron chi connectivity index (χ4n) is 0.605. The maximum atomic E-state index is 5.44. The first kappa shape index (κ1) is 10.3. The van der Waals surface area contributed by atoms with Gasteiger partial charge in [0.1, 0.15) is 0 Å². The van der Waals surface area contributed by atoms with Crippen LogP contribution in [0.3, 0.4) is 0 Å². The zero-order valence-electron chi connectivity index (χ0n) is 7.79. The molecule has 1 unspecified atom stereocenters. The predicted octanol–water partition coefficient (Wildman–Crippen LogP) is 1.73. The van der Waals surface area contributed by atoms with Gasteiger partial charge in [0.2, 0.25) is 5.90 Å². The Bertz CT molecular complexity index is 132. The van der Waals surface area contributed by atoms with E-state index in [1.807, 2.05) is 20.8 Å². The van der Waals surface area contributed by atoms with Crippen LogP contribution < -0.4 is 5.84 Å². The van der Waals surface area contributed by atoms with E-state index in [1.54, 1.807) is 0 Å². The third-order valence-electron chi connectivity index (χ3n) is 1.52. The third-order valence-corrected chi connectivity index (χ3v) is 1.52. The summed E-state index contributed by atoms with van der Waals surface area (Å²) in [4.78, 5) is 0. The van der Waals surface area contributed by atoms with Gasteiger partial charge in [0.25, 0.3) is 0 Å². The van der Waals surface area contributed by atoms with E-state index in [4.69, 9.17) is 10.6 Å². The molecular weight excluding hydrogens is 140 g/mol. The van der Waals surface area contributed by atoms with E-state index in [9.17, 15) is 0 Å². The highest BCUT2D eigenvalue weighted by Gasteiger charge is 2.09. The fraction of sp³-hybridized carbons (Fsp3) is 0.875. The summed E-state index contributed by atoms with van der Waals surface area (Å²) in [5.41, 5.74) is 0. The average molecular weight is 158 g/mol. The summed E-state index contributed by atoms with van der Waals surface area (Å²) in [6, 6.07) is 0. The van der Waals surface area contributed by atoms with Crippen LogP contribution in [0.5, 0.6) is 0 Å². The van der Waals surface area contributed by atoms with Gasteiger partial charge in [0.05, 0.1) is 6.10 Å². The molecule has 11 heavy (non-hydrogen) atoms. The van der Waals surface area contributed by atoms with Gasteiger partial charge in [-0.3, -0.25) is 0 Å².